The third-order valence-corrected chi connectivity index (χ3v) is 3.38. The Hall–Kier alpha value is -1.10. The predicted octanol–water partition coefficient (Wildman–Crippen LogP) is 0.203. The molecule has 1 saturated carbocycles. The minimum atomic E-state index is -0.816. The average molecular weight is 226 g/mol. The fraction of sp³-hybridized carbons (Fsp3) is 0.818. The van der Waals surface area contributed by atoms with Crippen LogP contribution in [0.25, 0.3) is 0 Å². The summed E-state index contributed by atoms with van der Waals surface area (Å²) in [6.45, 7) is 2.50. The molecule has 1 aliphatic carbocycles. The number of rotatable bonds is 4. The summed E-state index contributed by atoms with van der Waals surface area (Å²) < 4.78 is 0. The molecule has 0 bridgehead atoms. The molecule has 2 aliphatic rings. The van der Waals surface area contributed by atoms with Crippen LogP contribution in [0.5, 0.6) is 0 Å². The van der Waals surface area contributed by atoms with E-state index in [1.165, 1.54) is 0 Å². The van der Waals surface area contributed by atoms with Crippen LogP contribution >= 0.6 is 0 Å². The van der Waals surface area contributed by atoms with Gasteiger partial charge >= 0.3 is 5.97 Å². The summed E-state index contributed by atoms with van der Waals surface area (Å²) in [5.41, 5.74) is 0. The highest BCUT2D eigenvalue weighted by Gasteiger charge is 2.37. The van der Waals surface area contributed by atoms with E-state index in [4.69, 9.17) is 5.11 Å². The molecule has 2 rings (SSSR count). The average Bonchev–Trinajstić information content (AvgIpc) is 2.91. The molecular weight excluding hydrogens is 208 g/mol. The lowest BCUT2D eigenvalue weighted by Crippen LogP contribution is -2.49. The van der Waals surface area contributed by atoms with E-state index >= 15 is 0 Å². The first-order chi connectivity index (χ1) is 7.59. The van der Waals surface area contributed by atoms with Crippen molar-refractivity contribution >= 4 is 11.9 Å². The quantitative estimate of drug-likeness (QED) is 0.718. The highest BCUT2D eigenvalue weighted by molar-refractivity contribution is 5.83. The molecule has 1 saturated heterocycles. The number of carbonyl (C=O) groups excluding carboxylic acids is 1. The van der Waals surface area contributed by atoms with Gasteiger partial charge in [0.15, 0.2) is 0 Å². The minimum absolute atomic E-state index is 0.0318. The number of amides is 1. The van der Waals surface area contributed by atoms with E-state index in [2.05, 4.69) is 5.32 Å². The molecule has 2 fully saturated rings. The van der Waals surface area contributed by atoms with Crippen LogP contribution in [0.3, 0.4) is 0 Å². The zero-order chi connectivity index (χ0) is 11.7. The number of carboxylic acid groups (broad SMARTS) is 1. The van der Waals surface area contributed by atoms with Crippen molar-refractivity contribution in [2.45, 2.75) is 50.7 Å². The van der Waals surface area contributed by atoms with Gasteiger partial charge in [-0.15, -0.1) is 0 Å². The number of hydrogen-bond donors (Lipinski definition) is 2. The molecule has 0 radical (unpaired) electrons. The Morgan fingerprint density at radius 3 is 2.62 bits per heavy atom. The fourth-order valence-electron chi connectivity index (χ4n) is 2.22. The molecule has 0 aromatic rings. The number of carbonyl (C=O) groups is 2. The van der Waals surface area contributed by atoms with E-state index in [0.717, 1.165) is 19.3 Å². The third-order valence-electron chi connectivity index (χ3n) is 3.38. The Morgan fingerprint density at radius 1 is 1.38 bits per heavy atom. The van der Waals surface area contributed by atoms with Crippen molar-refractivity contribution in [3.63, 3.8) is 0 Å². The molecule has 0 spiro atoms. The molecule has 5 nitrogen and oxygen atoms in total. The number of hydrogen-bond acceptors (Lipinski definition) is 3. The van der Waals surface area contributed by atoms with E-state index in [0.29, 0.717) is 19.0 Å². The number of nitrogens with one attached hydrogen (secondary N) is 1. The molecule has 2 unspecified atom stereocenters. The molecule has 1 aliphatic heterocycles. The topological polar surface area (TPSA) is 69.6 Å². The maximum absolute atomic E-state index is 11.8. The van der Waals surface area contributed by atoms with Crippen LogP contribution in [0.15, 0.2) is 0 Å². The molecule has 90 valence electrons. The summed E-state index contributed by atoms with van der Waals surface area (Å²) in [4.78, 5) is 24.6. The Labute approximate surface area is 94.8 Å². The molecule has 0 aromatic carbocycles. The summed E-state index contributed by atoms with van der Waals surface area (Å²) >= 11 is 0. The van der Waals surface area contributed by atoms with Crippen molar-refractivity contribution in [1.82, 2.24) is 10.2 Å². The normalized spacial score (nSPS) is 27.7. The monoisotopic (exact) mass is 226 g/mol. The van der Waals surface area contributed by atoms with Crippen LogP contribution < -0.4 is 5.32 Å². The summed E-state index contributed by atoms with van der Waals surface area (Å²) in [6.07, 6.45) is 3.62. The van der Waals surface area contributed by atoms with Crippen LogP contribution in [0, 0.1) is 0 Å². The molecule has 2 N–H and O–H groups in total. The number of nitrogens with zero attached hydrogens (tertiary/aromatic N) is 1. The van der Waals surface area contributed by atoms with Gasteiger partial charge in [-0.25, -0.2) is 0 Å². The Balaban J connectivity index is 1.93. The van der Waals surface area contributed by atoms with Crippen molar-refractivity contribution < 1.29 is 14.7 Å². The lowest BCUT2D eigenvalue weighted by atomic mass is 10.2. The second kappa shape index (κ2) is 4.41. The van der Waals surface area contributed by atoms with Crippen molar-refractivity contribution in [2.75, 3.05) is 6.54 Å². The van der Waals surface area contributed by atoms with Gasteiger partial charge in [0.25, 0.3) is 0 Å². The molecule has 0 aromatic heterocycles. The van der Waals surface area contributed by atoms with Gasteiger partial charge in [-0.2, -0.15) is 0 Å². The molecule has 1 amide bonds. The van der Waals surface area contributed by atoms with Crippen LogP contribution in [0.1, 0.15) is 32.6 Å². The van der Waals surface area contributed by atoms with Crippen LogP contribution in [-0.2, 0) is 9.59 Å². The van der Waals surface area contributed by atoms with Gasteiger partial charge in [0.05, 0.1) is 6.04 Å². The van der Waals surface area contributed by atoms with Crippen LogP contribution in [0.4, 0.5) is 0 Å². The van der Waals surface area contributed by atoms with E-state index in [1.54, 1.807) is 11.8 Å². The summed E-state index contributed by atoms with van der Waals surface area (Å²) in [5.74, 6) is -0.848. The first kappa shape index (κ1) is 11.4. The van der Waals surface area contributed by atoms with Gasteiger partial charge in [-0.3, -0.25) is 14.5 Å². The zero-order valence-electron chi connectivity index (χ0n) is 9.48. The van der Waals surface area contributed by atoms with E-state index < -0.39 is 12.0 Å². The number of aliphatic carboxylic acids is 1. The van der Waals surface area contributed by atoms with E-state index in [9.17, 15) is 9.59 Å². The molecule has 2 atom stereocenters. The van der Waals surface area contributed by atoms with Gasteiger partial charge in [0.2, 0.25) is 5.91 Å². The smallest absolute Gasteiger partial charge is 0.320 e. The predicted molar refractivity (Wildman–Crippen MR) is 58.0 cm³/mol. The molecular formula is C11H18N2O3. The van der Waals surface area contributed by atoms with Crippen molar-refractivity contribution in [2.24, 2.45) is 0 Å². The van der Waals surface area contributed by atoms with Crippen LogP contribution in [0.2, 0.25) is 0 Å². The fourth-order valence-corrected chi connectivity index (χ4v) is 2.22. The second-order valence-corrected chi connectivity index (χ2v) is 4.69. The van der Waals surface area contributed by atoms with Crippen molar-refractivity contribution in [3.8, 4) is 0 Å². The number of carboxylic acids is 1. The first-order valence-corrected chi connectivity index (χ1v) is 5.88. The van der Waals surface area contributed by atoms with Gasteiger partial charge in [0, 0.05) is 6.04 Å². The first-order valence-electron chi connectivity index (χ1n) is 5.88. The van der Waals surface area contributed by atoms with Gasteiger partial charge in [-0.05, 0) is 39.2 Å². The molecule has 5 heteroatoms. The lowest BCUT2D eigenvalue weighted by molar-refractivity contribution is -0.143. The third kappa shape index (κ3) is 2.35. The standard InChI is InChI=1S/C11H18N2O3/c1-7(10(14)12-8-4-5-8)13-6-2-3-9(13)11(15)16/h7-9H,2-6H2,1H3,(H,12,14)(H,15,16). The Morgan fingerprint density at radius 2 is 2.06 bits per heavy atom. The Kier molecular flexibility index (Phi) is 3.14. The highest BCUT2D eigenvalue weighted by atomic mass is 16.4. The van der Waals surface area contributed by atoms with Gasteiger partial charge in [-0.1, -0.05) is 0 Å². The molecule has 16 heavy (non-hydrogen) atoms. The van der Waals surface area contributed by atoms with E-state index in [1.807, 2.05) is 0 Å². The summed E-state index contributed by atoms with van der Waals surface area (Å²) in [5, 5.41) is 12.0. The summed E-state index contributed by atoms with van der Waals surface area (Å²) in [6, 6.07) is -0.481. The zero-order valence-corrected chi connectivity index (χ0v) is 9.48. The van der Waals surface area contributed by atoms with E-state index in [-0.39, 0.29) is 11.9 Å². The largest absolute Gasteiger partial charge is 0.480 e. The maximum atomic E-state index is 11.8. The Bertz CT molecular complexity index is 302. The SMILES string of the molecule is CC(C(=O)NC1CC1)N1CCCC1C(=O)O. The second-order valence-electron chi connectivity index (χ2n) is 4.69. The van der Waals surface area contributed by atoms with Gasteiger partial charge in [0.1, 0.15) is 6.04 Å². The van der Waals surface area contributed by atoms with Crippen molar-refractivity contribution in [1.29, 1.82) is 0 Å². The summed E-state index contributed by atoms with van der Waals surface area (Å²) in [7, 11) is 0. The van der Waals surface area contributed by atoms with Crippen LogP contribution in [-0.4, -0.2) is 46.6 Å². The van der Waals surface area contributed by atoms with Gasteiger partial charge < -0.3 is 10.4 Å². The highest BCUT2D eigenvalue weighted by Crippen LogP contribution is 2.22. The van der Waals surface area contributed by atoms with Crippen molar-refractivity contribution in [3.05, 3.63) is 0 Å². The maximum Gasteiger partial charge on any atom is 0.320 e. The molecule has 1 heterocycles. The minimum Gasteiger partial charge on any atom is -0.480 e. The number of likely N-dealkylation sites (tertiary alicyclic amines) is 1. The lowest BCUT2D eigenvalue weighted by Gasteiger charge is -2.27.